The third-order valence-corrected chi connectivity index (χ3v) is 4.09. The number of aromatic nitrogens is 2. The van der Waals surface area contributed by atoms with E-state index in [0.29, 0.717) is 0 Å². The lowest BCUT2D eigenvalue weighted by Gasteiger charge is -2.12. The largest absolute Gasteiger partial charge is 0.457 e. The van der Waals surface area contributed by atoms with Crippen molar-refractivity contribution in [3.63, 3.8) is 0 Å². The molecule has 0 saturated carbocycles. The first-order valence-electron chi connectivity index (χ1n) is 8.38. The highest BCUT2D eigenvalue weighted by molar-refractivity contribution is 6.31. The van der Waals surface area contributed by atoms with Gasteiger partial charge in [0.15, 0.2) is 0 Å². The van der Waals surface area contributed by atoms with Crippen molar-refractivity contribution in [3.8, 4) is 23.3 Å². The molecule has 5 nitrogen and oxygen atoms in total. The van der Waals surface area contributed by atoms with Crippen LogP contribution in [0.25, 0.3) is 0 Å². The second kappa shape index (κ2) is 8.50. The first-order chi connectivity index (χ1) is 14.4. The minimum absolute atomic E-state index is 0.100. The molecule has 0 fully saturated rings. The number of benzene rings is 2. The summed E-state index contributed by atoms with van der Waals surface area (Å²) in [7, 11) is 0. The highest BCUT2D eigenvalue weighted by atomic mass is 35.5. The average molecular weight is 465 g/mol. The van der Waals surface area contributed by atoms with E-state index in [-0.39, 0.29) is 23.3 Å². The van der Waals surface area contributed by atoms with E-state index >= 15 is 0 Å². The monoisotopic (exact) mass is 464 g/mol. The van der Waals surface area contributed by atoms with Gasteiger partial charge in [-0.3, -0.25) is 9.78 Å². The first kappa shape index (κ1) is 22.5. The third-order valence-electron chi connectivity index (χ3n) is 3.76. The number of hydrogen-bond acceptors (Lipinski definition) is 4. The van der Waals surface area contributed by atoms with Crippen LogP contribution >= 0.6 is 11.6 Å². The Morgan fingerprint density at radius 3 is 2.03 bits per heavy atom. The highest BCUT2D eigenvalue weighted by Crippen LogP contribution is 2.37. The zero-order valence-corrected chi connectivity index (χ0v) is 15.9. The summed E-state index contributed by atoms with van der Waals surface area (Å²) in [4.78, 5) is 17.4. The van der Waals surface area contributed by atoms with Crippen molar-refractivity contribution >= 4 is 11.6 Å². The molecular weight excluding hydrogens is 454 g/mol. The van der Waals surface area contributed by atoms with Crippen LogP contribution in [0.2, 0.25) is 5.02 Å². The molecule has 1 heterocycles. The van der Waals surface area contributed by atoms with Crippen LogP contribution in [0.4, 0.5) is 26.3 Å². The third kappa shape index (κ3) is 6.14. The van der Waals surface area contributed by atoms with Gasteiger partial charge in [0, 0.05) is 11.8 Å². The van der Waals surface area contributed by atoms with Gasteiger partial charge in [-0.25, -0.2) is 4.98 Å². The number of aromatic amines is 1. The zero-order valence-electron chi connectivity index (χ0n) is 15.1. The Morgan fingerprint density at radius 1 is 0.903 bits per heavy atom. The number of ether oxygens (including phenoxy) is 2. The van der Waals surface area contributed by atoms with E-state index in [0.717, 1.165) is 18.3 Å². The molecule has 0 saturated heterocycles. The lowest BCUT2D eigenvalue weighted by Crippen LogP contribution is -2.21. The molecule has 31 heavy (non-hydrogen) atoms. The Kier molecular flexibility index (Phi) is 6.16. The molecule has 0 spiro atoms. The minimum atomic E-state index is -4.65. The van der Waals surface area contributed by atoms with Gasteiger partial charge in [0.25, 0.3) is 5.56 Å². The summed E-state index contributed by atoms with van der Waals surface area (Å²) in [5.41, 5.74) is -2.61. The average Bonchev–Trinajstić information content (AvgIpc) is 2.65. The van der Waals surface area contributed by atoms with Crippen LogP contribution in [0.5, 0.6) is 23.3 Å². The molecule has 0 radical (unpaired) electrons. The molecule has 0 aliphatic carbocycles. The van der Waals surface area contributed by atoms with Gasteiger partial charge >= 0.3 is 18.4 Å². The van der Waals surface area contributed by atoms with Crippen LogP contribution in [0.1, 0.15) is 11.1 Å². The zero-order chi connectivity index (χ0) is 22.8. The lowest BCUT2D eigenvalue weighted by molar-refractivity contribution is -0.137. The molecule has 164 valence electrons. The number of hydrogen-bond donors (Lipinski definition) is 1. The molecule has 0 amide bonds. The van der Waals surface area contributed by atoms with E-state index in [9.17, 15) is 31.1 Å². The molecule has 3 rings (SSSR count). The molecule has 1 aromatic heterocycles. The lowest BCUT2D eigenvalue weighted by atomic mass is 10.2. The molecule has 0 aliphatic rings. The van der Waals surface area contributed by atoms with Gasteiger partial charge in [-0.2, -0.15) is 26.3 Å². The molecule has 3 aromatic rings. The predicted octanol–water partition coefficient (Wildman–Crippen LogP) is 6.13. The van der Waals surface area contributed by atoms with Gasteiger partial charge in [-0.1, -0.05) is 11.6 Å². The summed E-state index contributed by atoms with van der Waals surface area (Å²) in [6.45, 7) is 0. The number of halogens is 7. The maximum Gasteiger partial charge on any atom is 0.417 e. The van der Waals surface area contributed by atoms with E-state index in [4.69, 9.17) is 21.1 Å². The molecule has 0 unspecified atom stereocenters. The van der Waals surface area contributed by atoms with Gasteiger partial charge in [0.2, 0.25) is 0 Å². The maximum absolute atomic E-state index is 12.9. The Morgan fingerprint density at radius 2 is 1.48 bits per heavy atom. The molecule has 12 heteroatoms. The van der Waals surface area contributed by atoms with Crippen molar-refractivity contribution in [2.45, 2.75) is 18.8 Å². The van der Waals surface area contributed by atoms with Gasteiger partial charge < -0.3 is 9.47 Å². The van der Waals surface area contributed by atoms with Crippen LogP contribution in [-0.4, -0.2) is 16.1 Å². The van der Waals surface area contributed by atoms with E-state index in [2.05, 4.69) is 9.97 Å². The fraction of sp³-hybridized carbons (Fsp3) is 0.158. The normalized spacial score (nSPS) is 12.0. The SMILES string of the molecule is O=c1[nH]c(Oc2ccc(Oc3ccc(Cl)c(C(F)(F)F)c3)cc2)ncc1CC(F)(F)F. The summed E-state index contributed by atoms with van der Waals surface area (Å²) in [5, 5.41) is -0.466. The molecule has 0 atom stereocenters. The Balaban J connectivity index is 1.70. The number of nitrogens with zero attached hydrogens (tertiary/aromatic N) is 1. The minimum Gasteiger partial charge on any atom is -0.457 e. The highest BCUT2D eigenvalue weighted by Gasteiger charge is 2.33. The van der Waals surface area contributed by atoms with Crippen molar-refractivity contribution in [3.05, 3.63) is 75.2 Å². The molecule has 1 N–H and O–H groups in total. The number of rotatable bonds is 5. The molecule has 0 bridgehead atoms. The van der Waals surface area contributed by atoms with Crippen LogP contribution in [0, 0.1) is 0 Å². The summed E-state index contributed by atoms with van der Waals surface area (Å²) in [6, 6.07) is 8.20. The number of H-pyrrole nitrogens is 1. The fourth-order valence-electron chi connectivity index (χ4n) is 2.41. The molecule has 2 aromatic carbocycles. The van der Waals surface area contributed by atoms with Crippen molar-refractivity contribution < 1.29 is 35.8 Å². The van der Waals surface area contributed by atoms with Crippen LogP contribution in [0.3, 0.4) is 0 Å². The van der Waals surface area contributed by atoms with Crippen molar-refractivity contribution in [2.24, 2.45) is 0 Å². The predicted molar refractivity (Wildman–Crippen MR) is 97.7 cm³/mol. The van der Waals surface area contributed by atoms with Crippen LogP contribution < -0.4 is 15.0 Å². The Labute approximate surface area is 175 Å². The maximum atomic E-state index is 12.9. The molecular formula is C19H11ClF6N2O3. The van der Waals surface area contributed by atoms with Crippen LogP contribution in [0.15, 0.2) is 53.5 Å². The number of nitrogens with one attached hydrogen (secondary N) is 1. The standard InChI is InChI=1S/C19H11ClF6N2O3/c20-15-6-5-13(7-14(15)19(24,25)26)30-11-1-3-12(4-2-11)31-17-27-9-10(16(29)28-17)8-18(21,22)23/h1-7,9H,8H2,(H,27,28,29). The van der Waals surface area contributed by atoms with Gasteiger partial charge in [0.1, 0.15) is 17.2 Å². The topological polar surface area (TPSA) is 64.2 Å². The fourth-order valence-corrected chi connectivity index (χ4v) is 2.63. The van der Waals surface area contributed by atoms with E-state index in [1.54, 1.807) is 0 Å². The van der Waals surface area contributed by atoms with Gasteiger partial charge in [-0.15, -0.1) is 0 Å². The Hall–Kier alpha value is -3.21. The van der Waals surface area contributed by atoms with Gasteiger partial charge in [-0.05, 0) is 42.5 Å². The van der Waals surface area contributed by atoms with E-state index in [1.165, 1.54) is 30.3 Å². The second-order valence-corrected chi connectivity index (χ2v) is 6.56. The van der Waals surface area contributed by atoms with Gasteiger partial charge in [0.05, 0.1) is 17.0 Å². The Bertz CT molecular complexity index is 1130. The van der Waals surface area contributed by atoms with Crippen molar-refractivity contribution in [1.29, 1.82) is 0 Å². The van der Waals surface area contributed by atoms with Crippen molar-refractivity contribution in [2.75, 3.05) is 0 Å². The summed E-state index contributed by atoms with van der Waals surface area (Å²) in [6.07, 6.45) is -9.87. The summed E-state index contributed by atoms with van der Waals surface area (Å²) < 4.78 is 86.5. The quantitative estimate of drug-likeness (QED) is 0.461. The molecule has 0 aliphatic heterocycles. The second-order valence-electron chi connectivity index (χ2n) is 6.15. The van der Waals surface area contributed by atoms with E-state index in [1.807, 2.05) is 0 Å². The summed E-state index contributed by atoms with van der Waals surface area (Å²) in [5.74, 6) is 0.215. The van der Waals surface area contributed by atoms with E-state index < -0.39 is 40.5 Å². The van der Waals surface area contributed by atoms with Crippen LogP contribution in [-0.2, 0) is 12.6 Å². The number of alkyl halides is 6. The summed E-state index contributed by atoms with van der Waals surface area (Å²) >= 11 is 5.56. The van der Waals surface area contributed by atoms with Crippen molar-refractivity contribution in [1.82, 2.24) is 9.97 Å². The smallest absolute Gasteiger partial charge is 0.417 e. The first-order valence-corrected chi connectivity index (χ1v) is 8.76.